The molecule has 3 nitrogen and oxygen atoms in total. The van der Waals surface area contributed by atoms with Crippen LogP contribution in [0.25, 0.3) is 22.0 Å². The summed E-state index contributed by atoms with van der Waals surface area (Å²) in [6, 6.07) is 17.4. The molecule has 0 aliphatic rings. The number of hydrogen-bond acceptors (Lipinski definition) is 3. The number of nitrogens with zero attached hydrogens (tertiary/aromatic N) is 1. The molecule has 0 aliphatic carbocycles. The average Bonchev–Trinajstić information content (AvgIpc) is 2.54. The third kappa shape index (κ3) is 2.14. The Morgan fingerprint density at radius 3 is 2.50 bits per heavy atom. The number of esters is 1. The molecule has 0 bridgehead atoms. The molecule has 1 heterocycles. The monoisotopic (exact) mass is 263 g/mol. The van der Waals surface area contributed by atoms with Gasteiger partial charge in [0.15, 0.2) is 0 Å². The van der Waals surface area contributed by atoms with Crippen molar-refractivity contribution in [2.24, 2.45) is 0 Å². The minimum Gasteiger partial charge on any atom is -0.465 e. The molecule has 0 fully saturated rings. The van der Waals surface area contributed by atoms with Gasteiger partial charge < -0.3 is 4.74 Å². The molecular weight excluding hydrogens is 250 g/mol. The first-order valence-electron chi connectivity index (χ1n) is 6.32. The second-order valence-electron chi connectivity index (χ2n) is 4.45. The molecule has 0 saturated heterocycles. The zero-order chi connectivity index (χ0) is 13.9. The molecule has 0 unspecified atom stereocenters. The molecule has 0 radical (unpaired) electrons. The molecule has 0 amide bonds. The Bertz CT molecular complexity index is 758. The predicted octanol–water partition coefficient (Wildman–Crippen LogP) is 3.69. The van der Waals surface area contributed by atoms with Gasteiger partial charge in [-0.15, -0.1) is 0 Å². The van der Waals surface area contributed by atoms with Crippen LogP contribution in [0.2, 0.25) is 0 Å². The number of benzene rings is 2. The van der Waals surface area contributed by atoms with Crippen LogP contribution in [0, 0.1) is 0 Å². The van der Waals surface area contributed by atoms with Gasteiger partial charge in [0.25, 0.3) is 0 Å². The summed E-state index contributed by atoms with van der Waals surface area (Å²) in [7, 11) is 1.38. The van der Waals surface area contributed by atoms with Crippen molar-refractivity contribution in [3.05, 3.63) is 66.4 Å². The van der Waals surface area contributed by atoms with Gasteiger partial charge >= 0.3 is 5.97 Å². The summed E-state index contributed by atoms with van der Waals surface area (Å²) in [5, 5.41) is 2.25. The van der Waals surface area contributed by atoms with Gasteiger partial charge in [-0.1, -0.05) is 36.4 Å². The van der Waals surface area contributed by atoms with E-state index in [0.717, 1.165) is 22.0 Å². The van der Waals surface area contributed by atoms with E-state index in [1.807, 2.05) is 36.4 Å². The highest BCUT2D eigenvalue weighted by Gasteiger charge is 2.08. The normalized spacial score (nSPS) is 10.4. The molecule has 0 spiro atoms. The van der Waals surface area contributed by atoms with Gasteiger partial charge in [-0.05, 0) is 23.6 Å². The highest BCUT2D eigenvalue weighted by molar-refractivity contribution is 5.95. The molecule has 3 aromatic rings. The van der Waals surface area contributed by atoms with Crippen LogP contribution >= 0.6 is 0 Å². The summed E-state index contributed by atoms with van der Waals surface area (Å²) in [5.74, 6) is -0.331. The van der Waals surface area contributed by atoms with Crippen molar-refractivity contribution in [1.82, 2.24) is 4.98 Å². The second-order valence-corrected chi connectivity index (χ2v) is 4.45. The van der Waals surface area contributed by atoms with Crippen LogP contribution in [0.1, 0.15) is 10.4 Å². The fraction of sp³-hybridized carbons (Fsp3) is 0.0588. The van der Waals surface area contributed by atoms with Gasteiger partial charge in [0, 0.05) is 17.1 Å². The summed E-state index contributed by atoms with van der Waals surface area (Å²) in [6.07, 6.45) is 1.80. The van der Waals surface area contributed by atoms with E-state index in [-0.39, 0.29) is 5.97 Å². The Hall–Kier alpha value is -2.68. The SMILES string of the molecule is COC(=O)c1ccc(-c2nccc3ccccc23)cc1. The Kier molecular flexibility index (Phi) is 3.17. The maximum atomic E-state index is 11.4. The molecule has 3 heteroatoms. The Balaban J connectivity index is 2.09. The molecule has 0 atom stereocenters. The van der Waals surface area contributed by atoms with E-state index in [2.05, 4.69) is 11.1 Å². The molecular formula is C17H13NO2. The first-order valence-corrected chi connectivity index (χ1v) is 6.32. The summed E-state index contributed by atoms with van der Waals surface area (Å²) < 4.78 is 4.70. The summed E-state index contributed by atoms with van der Waals surface area (Å²) in [6.45, 7) is 0. The lowest BCUT2D eigenvalue weighted by atomic mass is 10.0. The highest BCUT2D eigenvalue weighted by Crippen LogP contribution is 2.26. The molecule has 0 N–H and O–H groups in total. The minimum absolute atomic E-state index is 0.331. The van der Waals surface area contributed by atoms with Crippen LogP contribution in [0.4, 0.5) is 0 Å². The molecule has 2 aromatic carbocycles. The van der Waals surface area contributed by atoms with Gasteiger partial charge in [-0.2, -0.15) is 0 Å². The van der Waals surface area contributed by atoms with Crippen molar-refractivity contribution in [3.8, 4) is 11.3 Å². The van der Waals surface area contributed by atoms with E-state index in [4.69, 9.17) is 4.74 Å². The van der Waals surface area contributed by atoms with Gasteiger partial charge in [-0.3, -0.25) is 4.98 Å². The molecule has 98 valence electrons. The van der Waals surface area contributed by atoms with Crippen LogP contribution in [-0.4, -0.2) is 18.1 Å². The van der Waals surface area contributed by atoms with Crippen molar-refractivity contribution < 1.29 is 9.53 Å². The van der Waals surface area contributed by atoms with Crippen LogP contribution in [0.3, 0.4) is 0 Å². The summed E-state index contributed by atoms with van der Waals surface area (Å²) >= 11 is 0. The van der Waals surface area contributed by atoms with E-state index >= 15 is 0 Å². The lowest BCUT2D eigenvalue weighted by Gasteiger charge is -2.06. The standard InChI is InChI=1S/C17H13NO2/c1-20-17(19)14-8-6-13(7-9-14)16-15-5-3-2-4-12(15)10-11-18-16/h2-11H,1H3. The van der Waals surface area contributed by atoms with Crippen LogP contribution in [-0.2, 0) is 4.74 Å². The fourth-order valence-electron chi connectivity index (χ4n) is 2.23. The van der Waals surface area contributed by atoms with Crippen molar-refractivity contribution in [3.63, 3.8) is 0 Å². The maximum absolute atomic E-state index is 11.4. The number of pyridine rings is 1. The number of methoxy groups -OCH3 is 1. The summed E-state index contributed by atoms with van der Waals surface area (Å²) in [4.78, 5) is 15.9. The largest absolute Gasteiger partial charge is 0.465 e. The smallest absolute Gasteiger partial charge is 0.337 e. The fourth-order valence-corrected chi connectivity index (χ4v) is 2.23. The second kappa shape index (κ2) is 5.13. The topological polar surface area (TPSA) is 39.2 Å². The number of ether oxygens (including phenoxy) is 1. The first-order chi connectivity index (χ1) is 9.79. The molecule has 0 aliphatic heterocycles. The molecule has 0 saturated carbocycles. The summed E-state index contributed by atoms with van der Waals surface area (Å²) in [5.41, 5.74) is 2.44. The van der Waals surface area contributed by atoms with Crippen LogP contribution in [0.15, 0.2) is 60.8 Å². The van der Waals surface area contributed by atoms with Gasteiger partial charge in [0.05, 0.1) is 18.4 Å². The zero-order valence-electron chi connectivity index (χ0n) is 11.0. The average molecular weight is 263 g/mol. The number of aromatic nitrogens is 1. The van der Waals surface area contributed by atoms with Crippen molar-refractivity contribution >= 4 is 16.7 Å². The van der Waals surface area contributed by atoms with Crippen molar-refractivity contribution in [1.29, 1.82) is 0 Å². The zero-order valence-corrected chi connectivity index (χ0v) is 11.0. The maximum Gasteiger partial charge on any atom is 0.337 e. The van der Waals surface area contributed by atoms with E-state index in [1.165, 1.54) is 7.11 Å². The number of hydrogen-bond donors (Lipinski definition) is 0. The lowest BCUT2D eigenvalue weighted by molar-refractivity contribution is 0.0601. The number of fused-ring (bicyclic) bond motifs is 1. The minimum atomic E-state index is -0.331. The lowest BCUT2D eigenvalue weighted by Crippen LogP contribution is -2.00. The van der Waals surface area contributed by atoms with Gasteiger partial charge in [0.2, 0.25) is 0 Å². The Morgan fingerprint density at radius 2 is 1.75 bits per heavy atom. The van der Waals surface area contributed by atoms with Crippen molar-refractivity contribution in [2.75, 3.05) is 7.11 Å². The highest BCUT2D eigenvalue weighted by atomic mass is 16.5. The third-order valence-electron chi connectivity index (χ3n) is 3.25. The molecule has 1 aromatic heterocycles. The Labute approximate surface area is 116 Å². The van der Waals surface area contributed by atoms with E-state index in [9.17, 15) is 4.79 Å². The van der Waals surface area contributed by atoms with Crippen molar-refractivity contribution in [2.45, 2.75) is 0 Å². The van der Waals surface area contributed by atoms with E-state index in [0.29, 0.717) is 5.56 Å². The number of carbonyl (C=O) groups excluding carboxylic acids is 1. The Morgan fingerprint density at radius 1 is 1.00 bits per heavy atom. The van der Waals surface area contributed by atoms with E-state index < -0.39 is 0 Å². The van der Waals surface area contributed by atoms with Gasteiger partial charge in [-0.25, -0.2) is 4.79 Å². The molecule has 3 rings (SSSR count). The van der Waals surface area contributed by atoms with Gasteiger partial charge in [0.1, 0.15) is 0 Å². The third-order valence-corrected chi connectivity index (χ3v) is 3.25. The molecule has 20 heavy (non-hydrogen) atoms. The van der Waals surface area contributed by atoms with Crippen LogP contribution in [0.5, 0.6) is 0 Å². The number of rotatable bonds is 2. The quantitative estimate of drug-likeness (QED) is 0.662. The predicted molar refractivity (Wildman–Crippen MR) is 78.5 cm³/mol. The van der Waals surface area contributed by atoms with E-state index in [1.54, 1.807) is 18.3 Å². The first kappa shape index (κ1) is 12.4. The van der Waals surface area contributed by atoms with Crippen LogP contribution < -0.4 is 0 Å². The number of carbonyl (C=O) groups is 1.